The second kappa shape index (κ2) is 9.38. The molecule has 0 bridgehead atoms. The van der Waals surface area contributed by atoms with E-state index in [9.17, 15) is 9.59 Å². The molecule has 1 N–H and O–H groups in total. The normalized spacial score (nSPS) is 12.8. The maximum absolute atomic E-state index is 12.8. The predicted molar refractivity (Wildman–Crippen MR) is 103 cm³/mol. The van der Waals surface area contributed by atoms with Crippen molar-refractivity contribution in [2.24, 2.45) is 0 Å². The monoisotopic (exact) mass is 597 g/mol. The van der Waals surface area contributed by atoms with Crippen molar-refractivity contribution in [3.8, 4) is 5.75 Å². The van der Waals surface area contributed by atoms with Gasteiger partial charge in [-0.2, -0.15) is 18.2 Å². The third-order valence-electron chi connectivity index (χ3n) is 4.60. The van der Waals surface area contributed by atoms with E-state index in [0.717, 1.165) is 16.5 Å². The number of carbonyl (C=O) groups excluding carboxylic acids is 2. The Hall–Kier alpha value is -2.13. The molecule has 3 aromatic carbocycles. The molecule has 5 nitrogen and oxygen atoms in total. The van der Waals surface area contributed by atoms with Crippen LogP contribution in [0.2, 0.25) is 0 Å². The molecule has 0 atom stereocenters. The number of imide groups is 1. The van der Waals surface area contributed by atoms with Gasteiger partial charge in [0.15, 0.2) is 0 Å². The largest absolute Gasteiger partial charge is 0.518 e. The van der Waals surface area contributed by atoms with E-state index in [1.54, 1.807) is 24.3 Å². The first-order valence-electron chi connectivity index (χ1n) is 8.93. The molecule has 140 valence electrons. The smallest absolute Gasteiger partial charge is 0.261 e. The van der Waals surface area contributed by atoms with Gasteiger partial charge in [-0.05, 0) is 17.5 Å². The van der Waals surface area contributed by atoms with Crippen LogP contribution in [0.3, 0.4) is 0 Å². The number of benzene rings is 3. The van der Waals surface area contributed by atoms with Crippen molar-refractivity contribution in [3.05, 3.63) is 77.9 Å². The standard InChI is InChI=1S/C22H19N2O3.U/c25-21-18-10-4-6-16-7-5-11-19(20(16)18)22(26)24(21)14-12-23-13-15-27-17-8-2-1-3-9-17;/h2-11,23H,12-15H2;/q-1;. The minimum Gasteiger partial charge on any atom is -0.518 e. The van der Waals surface area contributed by atoms with E-state index in [1.807, 2.05) is 36.4 Å². The number of hydrogen-bond donors (Lipinski definition) is 1. The molecular weight excluding hydrogens is 578 g/mol. The van der Waals surface area contributed by atoms with E-state index in [2.05, 4.69) is 11.4 Å². The Morgan fingerprint density at radius 3 is 2.18 bits per heavy atom. The predicted octanol–water partition coefficient (Wildman–Crippen LogP) is 2.90. The Kier molecular flexibility index (Phi) is 6.90. The fourth-order valence-electron chi connectivity index (χ4n) is 3.31. The van der Waals surface area contributed by atoms with Gasteiger partial charge in [0.1, 0.15) is 0 Å². The van der Waals surface area contributed by atoms with Gasteiger partial charge in [-0.1, -0.05) is 24.3 Å². The third-order valence-corrected chi connectivity index (χ3v) is 4.60. The van der Waals surface area contributed by atoms with E-state index in [-0.39, 0.29) is 42.9 Å². The summed E-state index contributed by atoms with van der Waals surface area (Å²) in [6.45, 7) is 1.97. The Morgan fingerprint density at radius 1 is 0.893 bits per heavy atom. The summed E-state index contributed by atoms with van der Waals surface area (Å²) in [5, 5.41) is 4.89. The van der Waals surface area contributed by atoms with Crippen LogP contribution in [0, 0.1) is 37.2 Å². The fourth-order valence-corrected chi connectivity index (χ4v) is 3.31. The minimum absolute atomic E-state index is 0. The molecule has 0 fully saturated rings. The molecule has 4 rings (SSSR count). The summed E-state index contributed by atoms with van der Waals surface area (Å²) in [5.41, 5.74) is 1.18. The molecule has 3 aromatic rings. The van der Waals surface area contributed by atoms with Crippen LogP contribution in [0.25, 0.3) is 10.8 Å². The van der Waals surface area contributed by atoms with Crippen LogP contribution in [-0.2, 0) is 0 Å². The van der Waals surface area contributed by atoms with Crippen molar-refractivity contribution in [2.45, 2.75) is 0 Å². The first-order chi connectivity index (χ1) is 13.3. The molecule has 2 amide bonds. The zero-order valence-electron chi connectivity index (χ0n) is 15.3. The summed E-state index contributed by atoms with van der Waals surface area (Å²) in [5.74, 6) is 0.326. The molecule has 0 unspecified atom stereocenters. The molecule has 1 heterocycles. The van der Waals surface area contributed by atoms with Gasteiger partial charge in [-0.25, -0.2) is 0 Å². The summed E-state index contributed by atoms with van der Waals surface area (Å²) in [6, 6.07) is 21.4. The fraction of sp³-hybridized carbons (Fsp3) is 0.182. The van der Waals surface area contributed by atoms with Crippen LogP contribution in [0.15, 0.2) is 60.7 Å². The van der Waals surface area contributed by atoms with Crippen molar-refractivity contribution >= 4 is 22.6 Å². The third kappa shape index (κ3) is 4.15. The van der Waals surface area contributed by atoms with Crippen LogP contribution < -0.4 is 10.1 Å². The molecule has 0 spiro atoms. The van der Waals surface area contributed by atoms with Crippen molar-refractivity contribution in [1.82, 2.24) is 10.2 Å². The summed E-state index contributed by atoms with van der Waals surface area (Å²) >= 11 is 0. The number of nitrogens with one attached hydrogen (secondary N) is 1. The molecule has 1 aliphatic heterocycles. The average Bonchev–Trinajstić information content (AvgIpc) is 2.71. The van der Waals surface area contributed by atoms with E-state index < -0.39 is 0 Å². The molecule has 1 aliphatic rings. The van der Waals surface area contributed by atoms with Crippen LogP contribution in [0.4, 0.5) is 0 Å². The van der Waals surface area contributed by atoms with Gasteiger partial charge in [0.2, 0.25) is 0 Å². The van der Waals surface area contributed by atoms with Gasteiger partial charge < -0.3 is 10.1 Å². The number of rotatable bonds is 7. The second-order valence-corrected chi connectivity index (χ2v) is 6.31. The molecule has 0 radical (unpaired) electrons. The Balaban J connectivity index is 0.00000225. The zero-order valence-corrected chi connectivity index (χ0v) is 19.4. The van der Waals surface area contributed by atoms with Crippen LogP contribution in [0.5, 0.6) is 5.75 Å². The van der Waals surface area contributed by atoms with Crippen molar-refractivity contribution in [2.75, 3.05) is 26.2 Å². The first-order valence-corrected chi connectivity index (χ1v) is 8.93. The molecule has 0 aromatic heterocycles. The number of hydrogen-bond acceptors (Lipinski definition) is 4. The number of ether oxygens (including phenoxy) is 1. The van der Waals surface area contributed by atoms with Gasteiger partial charge in [0, 0.05) is 73.0 Å². The van der Waals surface area contributed by atoms with Crippen LogP contribution in [-0.4, -0.2) is 43.0 Å². The summed E-state index contributed by atoms with van der Waals surface area (Å²) < 4.78 is 5.60. The van der Waals surface area contributed by atoms with E-state index in [0.29, 0.717) is 37.4 Å². The Labute approximate surface area is 187 Å². The average molecular weight is 597 g/mol. The van der Waals surface area contributed by atoms with Gasteiger partial charge in [-0.3, -0.25) is 14.5 Å². The first kappa shape index (κ1) is 20.6. The second-order valence-electron chi connectivity index (χ2n) is 6.31. The van der Waals surface area contributed by atoms with Crippen molar-refractivity contribution < 1.29 is 45.4 Å². The van der Waals surface area contributed by atoms with E-state index >= 15 is 0 Å². The number of carbonyl (C=O) groups is 2. The summed E-state index contributed by atoms with van der Waals surface area (Å²) in [4.78, 5) is 26.9. The van der Waals surface area contributed by atoms with Crippen LogP contribution >= 0.6 is 0 Å². The summed E-state index contributed by atoms with van der Waals surface area (Å²) in [7, 11) is 0. The van der Waals surface area contributed by atoms with Gasteiger partial charge in [-0.15, -0.1) is 12.1 Å². The topological polar surface area (TPSA) is 58.6 Å². The van der Waals surface area contributed by atoms with Crippen molar-refractivity contribution in [3.63, 3.8) is 0 Å². The number of nitrogens with zero attached hydrogens (tertiary/aromatic N) is 1. The molecule has 6 heteroatoms. The minimum atomic E-state index is -0.233. The van der Waals surface area contributed by atoms with E-state index in [4.69, 9.17) is 4.74 Å². The molecule has 0 aliphatic carbocycles. The maximum atomic E-state index is 12.8. The summed E-state index contributed by atoms with van der Waals surface area (Å²) in [6.07, 6.45) is 0. The van der Waals surface area contributed by atoms with E-state index in [1.165, 1.54) is 4.90 Å². The van der Waals surface area contributed by atoms with Gasteiger partial charge in [0.25, 0.3) is 11.8 Å². The number of amides is 2. The van der Waals surface area contributed by atoms with Crippen molar-refractivity contribution in [1.29, 1.82) is 0 Å². The quantitative estimate of drug-likeness (QED) is 0.259. The maximum Gasteiger partial charge on any atom is 0.261 e. The molecular formula is C22H19N2O3U-. The van der Waals surface area contributed by atoms with Gasteiger partial charge >= 0.3 is 0 Å². The molecule has 28 heavy (non-hydrogen) atoms. The SMILES string of the molecule is O=C1c2cccc3cccc(c23)C(=O)N1CCNCCOc1cc[c-]cc1.[U]. The van der Waals surface area contributed by atoms with Crippen LogP contribution in [0.1, 0.15) is 20.7 Å². The molecule has 0 saturated carbocycles. The van der Waals surface area contributed by atoms with Gasteiger partial charge in [0.05, 0.1) is 6.61 Å². The Morgan fingerprint density at radius 2 is 1.54 bits per heavy atom. The molecule has 0 saturated heterocycles. The Bertz CT molecular complexity index is 941. The zero-order chi connectivity index (χ0) is 18.6.